The van der Waals surface area contributed by atoms with Crippen LogP contribution in [0.25, 0.3) is 11.2 Å². The highest BCUT2D eigenvalue weighted by molar-refractivity contribution is 5.82. The van der Waals surface area contributed by atoms with Crippen molar-refractivity contribution in [2.45, 2.75) is 73.1 Å². The van der Waals surface area contributed by atoms with E-state index in [1.165, 1.54) is 22.3 Å². The third-order valence-electron chi connectivity index (χ3n) is 5.69. The monoisotopic (exact) mass is 451 g/mol. The Kier molecular flexibility index (Phi) is 11.0. The second kappa shape index (κ2) is 13.7. The van der Waals surface area contributed by atoms with Crippen molar-refractivity contribution in [1.29, 1.82) is 0 Å². The van der Waals surface area contributed by atoms with Gasteiger partial charge in [0, 0.05) is 7.05 Å². The van der Waals surface area contributed by atoms with Crippen LogP contribution >= 0.6 is 0 Å². The Bertz CT molecular complexity index is 1010. The summed E-state index contributed by atoms with van der Waals surface area (Å²) in [6.07, 6.45) is 19.2. The maximum absolute atomic E-state index is 5.58. The number of hydroxylamine groups is 1. The van der Waals surface area contributed by atoms with E-state index in [0.717, 1.165) is 49.7 Å². The van der Waals surface area contributed by atoms with Gasteiger partial charge in [-0.15, -0.1) is 0 Å². The first kappa shape index (κ1) is 26.5. The molecule has 0 spiro atoms. The topological polar surface area (TPSA) is 56.1 Å². The van der Waals surface area contributed by atoms with Crippen LogP contribution in [0.4, 0.5) is 5.82 Å². The number of imidazole rings is 1. The zero-order valence-corrected chi connectivity index (χ0v) is 21.6. The van der Waals surface area contributed by atoms with E-state index in [2.05, 4.69) is 73.9 Å². The van der Waals surface area contributed by atoms with Gasteiger partial charge in [0.25, 0.3) is 0 Å². The summed E-state index contributed by atoms with van der Waals surface area (Å²) in [5.74, 6) is 0.687. The number of rotatable bonds is 13. The molecule has 0 aliphatic rings. The van der Waals surface area contributed by atoms with E-state index in [9.17, 15) is 0 Å². The number of nitrogens with zero attached hydrogens (tertiary/aromatic N) is 5. The molecule has 6 nitrogen and oxygen atoms in total. The minimum Gasteiger partial charge on any atom is -0.318 e. The highest BCUT2D eigenvalue weighted by atomic mass is 16.7. The first-order valence-corrected chi connectivity index (χ1v) is 11.9. The van der Waals surface area contributed by atoms with Crippen LogP contribution in [-0.2, 0) is 11.9 Å². The van der Waals surface area contributed by atoms with Crippen LogP contribution in [0.5, 0.6) is 0 Å². The normalized spacial score (nSPS) is 13.0. The first-order valence-electron chi connectivity index (χ1n) is 11.9. The predicted molar refractivity (Wildman–Crippen MR) is 139 cm³/mol. The number of hydrogen-bond acceptors (Lipinski definition) is 5. The van der Waals surface area contributed by atoms with Gasteiger partial charge in [0.1, 0.15) is 6.33 Å². The lowest BCUT2D eigenvalue weighted by Crippen LogP contribution is -2.23. The molecule has 0 bridgehead atoms. The van der Waals surface area contributed by atoms with Gasteiger partial charge in [-0.3, -0.25) is 4.84 Å². The van der Waals surface area contributed by atoms with Gasteiger partial charge < -0.3 is 4.57 Å². The molecule has 6 heteroatoms. The van der Waals surface area contributed by atoms with Crippen molar-refractivity contribution in [1.82, 2.24) is 19.5 Å². The summed E-state index contributed by atoms with van der Waals surface area (Å²) in [5, 5.41) is 1.76. The van der Waals surface area contributed by atoms with Crippen LogP contribution in [0.15, 0.2) is 59.3 Å². The van der Waals surface area contributed by atoms with E-state index in [4.69, 9.17) is 4.84 Å². The fourth-order valence-electron chi connectivity index (χ4n) is 3.59. The minimum atomic E-state index is 0.616. The largest absolute Gasteiger partial charge is 0.318 e. The summed E-state index contributed by atoms with van der Waals surface area (Å²) in [4.78, 5) is 18.7. The van der Waals surface area contributed by atoms with Crippen molar-refractivity contribution in [3.63, 3.8) is 0 Å². The standard InChI is InChI=1S/C27H41N5O/c1-21(2)11-8-12-22(3)13-9-14-23(4)15-10-16-24(5)17-18-32(33-7)27-25-26(28-19-29-27)31(6)20-30-25/h11,13,15,17,19-20H,8-10,12,14,16,18H2,1-7H3/b22-13+,23-15+,24-17+. The van der Waals surface area contributed by atoms with Crippen LogP contribution in [0.1, 0.15) is 73.1 Å². The molecule has 0 atom stereocenters. The number of aromatic nitrogens is 4. The molecule has 0 saturated carbocycles. The second-order valence-corrected chi connectivity index (χ2v) is 9.02. The lowest BCUT2D eigenvalue weighted by molar-refractivity contribution is 0.173. The summed E-state index contributed by atoms with van der Waals surface area (Å²) in [5.41, 5.74) is 7.23. The smallest absolute Gasteiger partial charge is 0.184 e. The zero-order valence-electron chi connectivity index (χ0n) is 21.6. The average molecular weight is 452 g/mol. The summed E-state index contributed by atoms with van der Waals surface area (Å²) < 4.78 is 1.88. The number of aryl methyl sites for hydroxylation is 1. The number of fused-ring (bicyclic) bond motifs is 1. The van der Waals surface area contributed by atoms with Crippen LogP contribution in [0.3, 0.4) is 0 Å². The molecule has 2 heterocycles. The molecule has 0 N–H and O–H groups in total. The average Bonchev–Trinajstić information content (AvgIpc) is 3.15. The van der Waals surface area contributed by atoms with E-state index >= 15 is 0 Å². The van der Waals surface area contributed by atoms with E-state index in [1.54, 1.807) is 24.8 Å². The molecule has 0 fully saturated rings. The molecule has 2 rings (SSSR count). The van der Waals surface area contributed by atoms with Gasteiger partial charge in [0.15, 0.2) is 17.0 Å². The quantitative estimate of drug-likeness (QED) is 0.245. The predicted octanol–water partition coefficient (Wildman–Crippen LogP) is 6.88. The highest BCUT2D eigenvalue weighted by Gasteiger charge is 2.14. The zero-order chi connectivity index (χ0) is 24.2. The van der Waals surface area contributed by atoms with Gasteiger partial charge in [0.05, 0.1) is 20.0 Å². The maximum Gasteiger partial charge on any atom is 0.184 e. The van der Waals surface area contributed by atoms with Crippen LogP contribution in [-0.4, -0.2) is 33.2 Å². The SMILES string of the molecule is CON(C/C=C(\C)CC/C=C(\C)CC/C=C(\C)CCC=C(C)C)c1ncnc2c1ncn2C. The molecule has 33 heavy (non-hydrogen) atoms. The lowest BCUT2D eigenvalue weighted by Gasteiger charge is -2.19. The van der Waals surface area contributed by atoms with Crippen molar-refractivity contribution in [3.05, 3.63) is 59.3 Å². The molecule has 0 unspecified atom stereocenters. The molecule has 0 aromatic carbocycles. The van der Waals surface area contributed by atoms with Crippen LogP contribution < -0.4 is 5.06 Å². The third kappa shape index (κ3) is 8.97. The molecular weight excluding hydrogens is 410 g/mol. The number of allylic oxidation sites excluding steroid dienone is 7. The van der Waals surface area contributed by atoms with E-state index in [-0.39, 0.29) is 0 Å². The molecule has 2 aromatic rings. The van der Waals surface area contributed by atoms with E-state index in [0.29, 0.717) is 12.4 Å². The minimum absolute atomic E-state index is 0.616. The van der Waals surface area contributed by atoms with Crippen molar-refractivity contribution in [3.8, 4) is 0 Å². The second-order valence-electron chi connectivity index (χ2n) is 9.02. The van der Waals surface area contributed by atoms with Crippen molar-refractivity contribution in [2.75, 3.05) is 18.7 Å². The van der Waals surface area contributed by atoms with E-state index in [1.807, 2.05) is 11.6 Å². The van der Waals surface area contributed by atoms with Gasteiger partial charge in [-0.25, -0.2) is 20.0 Å². The molecule has 0 amide bonds. The fourth-order valence-corrected chi connectivity index (χ4v) is 3.59. The van der Waals surface area contributed by atoms with Crippen LogP contribution in [0.2, 0.25) is 0 Å². The Hall–Kier alpha value is -2.73. The van der Waals surface area contributed by atoms with Gasteiger partial charge in [-0.05, 0) is 73.1 Å². The van der Waals surface area contributed by atoms with Gasteiger partial charge in [0.2, 0.25) is 0 Å². The molecule has 180 valence electrons. The highest BCUT2D eigenvalue weighted by Crippen LogP contribution is 2.21. The first-order chi connectivity index (χ1) is 15.8. The molecule has 0 aliphatic carbocycles. The molecular formula is C27H41N5O. The maximum atomic E-state index is 5.58. The van der Waals surface area contributed by atoms with Gasteiger partial charge in [-0.2, -0.15) is 0 Å². The lowest BCUT2D eigenvalue weighted by atomic mass is 10.0. The summed E-state index contributed by atoms with van der Waals surface area (Å²) in [6.45, 7) is 11.6. The third-order valence-corrected chi connectivity index (χ3v) is 5.69. The fraction of sp³-hybridized carbons (Fsp3) is 0.519. The number of anilines is 1. The van der Waals surface area contributed by atoms with Gasteiger partial charge >= 0.3 is 0 Å². The van der Waals surface area contributed by atoms with Gasteiger partial charge in [-0.1, -0.05) is 46.6 Å². The van der Waals surface area contributed by atoms with Crippen LogP contribution in [0, 0.1) is 0 Å². The van der Waals surface area contributed by atoms with E-state index < -0.39 is 0 Å². The van der Waals surface area contributed by atoms with Crippen molar-refractivity contribution < 1.29 is 4.84 Å². The summed E-state index contributed by atoms with van der Waals surface area (Å²) in [7, 11) is 3.58. The Morgan fingerprint density at radius 2 is 1.42 bits per heavy atom. The molecule has 0 radical (unpaired) electrons. The Labute approximate surface area is 199 Å². The molecule has 2 aromatic heterocycles. The number of hydrogen-bond donors (Lipinski definition) is 0. The van der Waals surface area contributed by atoms with Crippen molar-refractivity contribution >= 4 is 17.0 Å². The summed E-state index contributed by atoms with van der Waals surface area (Å²) in [6, 6.07) is 0. The Morgan fingerprint density at radius 3 is 2.00 bits per heavy atom. The molecule has 0 saturated heterocycles. The molecule has 0 aliphatic heterocycles. The Morgan fingerprint density at radius 1 is 0.848 bits per heavy atom. The Balaban J connectivity index is 1.80. The summed E-state index contributed by atoms with van der Waals surface area (Å²) >= 11 is 0. The van der Waals surface area contributed by atoms with Crippen molar-refractivity contribution in [2.24, 2.45) is 7.05 Å².